The third kappa shape index (κ3) is 1.89. The standard InChI is InChI=1S/C13H10N4O2/c14-10-2-1-3-11-15-12(16-17(10)11)8-4-6-9(7-5-8)13(18)19/h1-7H,14H2,(H,18,19). The van der Waals surface area contributed by atoms with Crippen molar-refractivity contribution in [3.05, 3.63) is 48.0 Å². The quantitative estimate of drug-likeness (QED) is 0.725. The van der Waals surface area contributed by atoms with Crippen molar-refractivity contribution < 1.29 is 9.90 Å². The van der Waals surface area contributed by atoms with Crippen LogP contribution in [-0.4, -0.2) is 25.7 Å². The molecule has 0 unspecified atom stereocenters. The van der Waals surface area contributed by atoms with Crippen LogP contribution < -0.4 is 5.73 Å². The number of hydrogen-bond donors (Lipinski definition) is 2. The molecule has 0 saturated heterocycles. The molecule has 2 heterocycles. The lowest BCUT2D eigenvalue weighted by atomic mass is 10.1. The predicted octanol–water partition coefficient (Wildman–Crippen LogP) is 1.68. The van der Waals surface area contributed by atoms with Gasteiger partial charge in [0.05, 0.1) is 5.56 Å². The molecule has 3 rings (SSSR count). The Kier molecular flexibility index (Phi) is 2.42. The Morgan fingerprint density at radius 2 is 1.89 bits per heavy atom. The van der Waals surface area contributed by atoms with E-state index in [0.29, 0.717) is 17.3 Å². The summed E-state index contributed by atoms with van der Waals surface area (Å²) in [5.74, 6) is 0.0481. The van der Waals surface area contributed by atoms with Gasteiger partial charge in [0.25, 0.3) is 0 Å². The van der Waals surface area contributed by atoms with Crippen LogP contribution >= 0.6 is 0 Å². The van der Waals surface area contributed by atoms with Gasteiger partial charge >= 0.3 is 5.97 Å². The molecule has 0 amide bonds. The minimum Gasteiger partial charge on any atom is -0.478 e. The maximum absolute atomic E-state index is 10.8. The summed E-state index contributed by atoms with van der Waals surface area (Å²) < 4.78 is 1.54. The Balaban J connectivity index is 2.09. The van der Waals surface area contributed by atoms with E-state index < -0.39 is 5.97 Å². The fourth-order valence-corrected chi connectivity index (χ4v) is 1.81. The van der Waals surface area contributed by atoms with Crippen LogP contribution in [0.2, 0.25) is 0 Å². The van der Waals surface area contributed by atoms with E-state index in [4.69, 9.17) is 10.8 Å². The Labute approximate surface area is 108 Å². The lowest BCUT2D eigenvalue weighted by Gasteiger charge is -1.96. The summed E-state index contributed by atoms with van der Waals surface area (Å²) in [6.07, 6.45) is 0. The van der Waals surface area contributed by atoms with E-state index in [-0.39, 0.29) is 5.56 Å². The number of carbonyl (C=O) groups is 1. The van der Waals surface area contributed by atoms with Gasteiger partial charge in [0.1, 0.15) is 5.82 Å². The number of nitrogens with two attached hydrogens (primary N) is 1. The summed E-state index contributed by atoms with van der Waals surface area (Å²) in [5.41, 5.74) is 7.42. The zero-order valence-electron chi connectivity index (χ0n) is 9.82. The van der Waals surface area contributed by atoms with Crippen LogP contribution in [-0.2, 0) is 0 Å². The van der Waals surface area contributed by atoms with E-state index in [0.717, 1.165) is 5.56 Å². The van der Waals surface area contributed by atoms with Crippen LogP contribution in [0, 0.1) is 0 Å². The smallest absolute Gasteiger partial charge is 0.335 e. The van der Waals surface area contributed by atoms with Crippen LogP contribution in [0.5, 0.6) is 0 Å². The molecule has 3 aromatic rings. The summed E-state index contributed by atoms with van der Waals surface area (Å²) >= 11 is 0. The molecule has 0 aliphatic rings. The van der Waals surface area contributed by atoms with E-state index >= 15 is 0 Å². The summed E-state index contributed by atoms with van der Waals surface area (Å²) in [6.45, 7) is 0. The number of nitrogens with zero attached hydrogens (tertiary/aromatic N) is 3. The first kappa shape index (κ1) is 11.2. The second kappa shape index (κ2) is 4.09. The molecule has 0 bridgehead atoms. The highest BCUT2D eigenvalue weighted by Crippen LogP contribution is 2.18. The van der Waals surface area contributed by atoms with Gasteiger partial charge < -0.3 is 10.8 Å². The molecule has 0 radical (unpaired) electrons. The predicted molar refractivity (Wildman–Crippen MR) is 69.8 cm³/mol. The van der Waals surface area contributed by atoms with Gasteiger partial charge in [0.15, 0.2) is 11.5 Å². The van der Waals surface area contributed by atoms with Gasteiger partial charge in [-0.15, -0.1) is 5.10 Å². The first-order valence-electron chi connectivity index (χ1n) is 5.60. The first-order valence-corrected chi connectivity index (χ1v) is 5.60. The Hall–Kier alpha value is -2.89. The molecule has 94 valence electrons. The maximum atomic E-state index is 10.8. The minimum absolute atomic E-state index is 0.229. The van der Waals surface area contributed by atoms with E-state index in [1.807, 2.05) is 0 Å². The number of rotatable bonds is 2. The molecule has 0 saturated carbocycles. The van der Waals surface area contributed by atoms with Crippen LogP contribution in [0.25, 0.3) is 17.0 Å². The maximum Gasteiger partial charge on any atom is 0.335 e. The Morgan fingerprint density at radius 3 is 2.53 bits per heavy atom. The van der Waals surface area contributed by atoms with Gasteiger partial charge in [-0.05, 0) is 24.3 Å². The summed E-state index contributed by atoms with van der Waals surface area (Å²) in [5, 5.41) is 13.1. The fourth-order valence-electron chi connectivity index (χ4n) is 1.81. The molecule has 1 aromatic carbocycles. The molecule has 0 atom stereocenters. The van der Waals surface area contributed by atoms with Crippen molar-refractivity contribution in [1.82, 2.24) is 14.6 Å². The summed E-state index contributed by atoms with van der Waals surface area (Å²) in [7, 11) is 0. The third-order valence-corrected chi connectivity index (χ3v) is 2.78. The van der Waals surface area contributed by atoms with Crippen molar-refractivity contribution in [1.29, 1.82) is 0 Å². The highest BCUT2D eigenvalue weighted by atomic mass is 16.4. The van der Waals surface area contributed by atoms with Crippen molar-refractivity contribution in [3.8, 4) is 11.4 Å². The molecule has 19 heavy (non-hydrogen) atoms. The SMILES string of the molecule is Nc1cccc2nc(-c3ccc(C(=O)O)cc3)nn12. The zero-order chi connectivity index (χ0) is 13.4. The number of fused-ring (bicyclic) bond motifs is 1. The van der Waals surface area contributed by atoms with E-state index in [1.165, 1.54) is 12.1 Å². The lowest BCUT2D eigenvalue weighted by molar-refractivity contribution is 0.0697. The van der Waals surface area contributed by atoms with Gasteiger partial charge in [-0.1, -0.05) is 18.2 Å². The normalized spacial score (nSPS) is 10.7. The van der Waals surface area contributed by atoms with E-state index in [9.17, 15) is 4.79 Å². The second-order valence-corrected chi connectivity index (χ2v) is 4.04. The van der Waals surface area contributed by atoms with Gasteiger partial charge in [0.2, 0.25) is 0 Å². The molecule has 0 fully saturated rings. The fraction of sp³-hybridized carbons (Fsp3) is 0. The molecule has 3 N–H and O–H groups in total. The van der Waals surface area contributed by atoms with E-state index in [2.05, 4.69) is 10.1 Å². The Morgan fingerprint density at radius 1 is 1.16 bits per heavy atom. The molecule has 0 aliphatic carbocycles. The second-order valence-electron chi connectivity index (χ2n) is 4.04. The molecular formula is C13H10N4O2. The van der Waals surface area contributed by atoms with Crippen molar-refractivity contribution in [2.45, 2.75) is 0 Å². The van der Waals surface area contributed by atoms with Crippen molar-refractivity contribution in [2.24, 2.45) is 0 Å². The van der Waals surface area contributed by atoms with E-state index in [1.54, 1.807) is 34.8 Å². The summed E-state index contributed by atoms with van der Waals surface area (Å²) in [4.78, 5) is 15.1. The number of hydrogen-bond acceptors (Lipinski definition) is 4. The highest BCUT2D eigenvalue weighted by Gasteiger charge is 2.09. The molecule has 2 aromatic heterocycles. The number of carboxylic acid groups (broad SMARTS) is 1. The topological polar surface area (TPSA) is 93.5 Å². The summed E-state index contributed by atoms with van der Waals surface area (Å²) in [6, 6.07) is 11.7. The number of anilines is 1. The molecule has 0 aliphatic heterocycles. The number of pyridine rings is 1. The largest absolute Gasteiger partial charge is 0.478 e. The average Bonchev–Trinajstić information content (AvgIpc) is 2.84. The number of aromatic nitrogens is 3. The van der Waals surface area contributed by atoms with Crippen LogP contribution in [0.15, 0.2) is 42.5 Å². The van der Waals surface area contributed by atoms with Gasteiger partial charge in [-0.2, -0.15) is 4.52 Å². The molecule has 6 nitrogen and oxygen atoms in total. The Bertz CT molecular complexity index is 762. The lowest BCUT2D eigenvalue weighted by Crippen LogP contribution is -1.97. The number of nitrogen functional groups attached to an aromatic ring is 1. The van der Waals surface area contributed by atoms with Gasteiger partial charge in [-0.3, -0.25) is 0 Å². The molecule has 6 heteroatoms. The third-order valence-electron chi connectivity index (χ3n) is 2.78. The average molecular weight is 254 g/mol. The van der Waals surface area contributed by atoms with Crippen molar-refractivity contribution in [2.75, 3.05) is 5.73 Å². The van der Waals surface area contributed by atoms with Gasteiger partial charge in [-0.25, -0.2) is 9.78 Å². The van der Waals surface area contributed by atoms with Crippen LogP contribution in [0.4, 0.5) is 5.82 Å². The first-order chi connectivity index (χ1) is 9.15. The van der Waals surface area contributed by atoms with Crippen molar-refractivity contribution >= 4 is 17.4 Å². The van der Waals surface area contributed by atoms with Crippen molar-refractivity contribution in [3.63, 3.8) is 0 Å². The van der Waals surface area contributed by atoms with Gasteiger partial charge in [0, 0.05) is 5.56 Å². The number of aromatic carboxylic acids is 1. The highest BCUT2D eigenvalue weighted by molar-refractivity contribution is 5.88. The molecule has 0 spiro atoms. The number of carboxylic acids is 1. The van der Waals surface area contributed by atoms with Crippen LogP contribution in [0.3, 0.4) is 0 Å². The minimum atomic E-state index is -0.959. The monoisotopic (exact) mass is 254 g/mol. The number of benzene rings is 1. The van der Waals surface area contributed by atoms with Crippen LogP contribution in [0.1, 0.15) is 10.4 Å². The zero-order valence-corrected chi connectivity index (χ0v) is 9.82. The molecular weight excluding hydrogens is 244 g/mol.